The Morgan fingerprint density at radius 3 is 2.71 bits per heavy atom. The number of carboxylic acids is 1. The molecule has 6 heteroatoms. The summed E-state index contributed by atoms with van der Waals surface area (Å²) >= 11 is 0. The van der Waals surface area contributed by atoms with Crippen LogP contribution in [-0.4, -0.2) is 22.0 Å². The van der Waals surface area contributed by atoms with Crippen LogP contribution in [0.5, 0.6) is 0 Å². The van der Waals surface area contributed by atoms with Gasteiger partial charge in [0.05, 0.1) is 6.42 Å². The van der Waals surface area contributed by atoms with Crippen LogP contribution < -0.4 is 0 Å². The number of carbonyl (C=O) groups is 1. The first-order valence-electron chi connectivity index (χ1n) is 3.64. The lowest BCUT2D eigenvalue weighted by Gasteiger charge is -2.10. The van der Waals surface area contributed by atoms with Gasteiger partial charge in [0.1, 0.15) is 0 Å². The first-order chi connectivity index (χ1) is 6.43. The van der Waals surface area contributed by atoms with Gasteiger partial charge in [-0.3, -0.25) is 0 Å². The zero-order valence-corrected chi connectivity index (χ0v) is 6.88. The van der Waals surface area contributed by atoms with Crippen molar-refractivity contribution in [3.8, 4) is 0 Å². The molecule has 0 saturated carbocycles. The maximum Gasteiger partial charge on any atom is 0.374 e. The third kappa shape index (κ3) is 2.21. The number of alkyl halides is 2. The molecule has 0 aliphatic rings. The molecular formula is C8H6F3NO2. The summed E-state index contributed by atoms with van der Waals surface area (Å²) in [5, 5.41) is 8.10. The number of aromatic nitrogens is 1. The minimum absolute atomic E-state index is 0.417. The normalized spacial score (nSPS) is 11.4. The second-order valence-electron chi connectivity index (χ2n) is 2.64. The van der Waals surface area contributed by atoms with E-state index in [9.17, 15) is 18.0 Å². The fraction of sp³-hybridized carbons (Fsp3) is 0.250. The zero-order chi connectivity index (χ0) is 10.8. The Morgan fingerprint density at radius 1 is 1.57 bits per heavy atom. The molecule has 3 nitrogen and oxygen atoms in total. The van der Waals surface area contributed by atoms with Crippen molar-refractivity contribution >= 4 is 5.97 Å². The Morgan fingerprint density at radius 2 is 2.21 bits per heavy atom. The summed E-state index contributed by atoms with van der Waals surface area (Å²) in [6.07, 6.45) is -0.0975. The van der Waals surface area contributed by atoms with Crippen LogP contribution in [-0.2, 0) is 11.2 Å². The lowest BCUT2D eigenvalue weighted by molar-refractivity contribution is -0.164. The van der Waals surface area contributed by atoms with Gasteiger partial charge in [0.25, 0.3) is 0 Å². The number of hydrogen-bond acceptors (Lipinski definition) is 2. The molecule has 1 heterocycles. The summed E-state index contributed by atoms with van der Waals surface area (Å²) in [5.41, 5.74) is -0.417. The van der Waals surface area contributed by atoms with E-state index in [1.54, 1.807) is 0 Å². The van der Waals surface area contributed by atoms with Crippen LogP contribution in [0.3, 0.4) is 0 Å². The van der Waals surface area contributed by atoms with E-state index in [4.69, 9.17) is 5.11 Å². The van der Waals surface area contributed by atoms with Crippen molar-refractivity contribution in [1.82, 2.24) is 4.98 Å². The molecule has 0 aromatic carbocycles. The third-order valence-electron chi connectivity index (χ3n) is 1.56. The number of rotatable bonds is 3. The molecule has 1 rings (SSSR count). The molecule has 0 saturated heterocycles. The lowest BCUT2D eigenvalue weighted by Crippen LogP contribution is -2.31. The van der Waals surface area contributed by atoms with Crippen LogP contribution in [0.2, 0.25) is 0 Å². The van der Waals surface area contributed by atoms with Crippen molar-refractivity contribution in [2.75, 3.05) is 0 Å². The van der Waals surface area contributed by atoms with Crippen LogP contribution in [0.1, 0.15) is 5.56 Å². The Kier molecular flexibility index (Phi) is 2.73. The van der Waals surface area contributed by atoms with Crippen LogP contribution in [0, 0.1) is 5.95 Å². The van der Waals surface area contributed by atoms with Gasteiger partial charge in [0.2, 0.25) is 5.95 Å². The highest BCUT2D eigenvalue weighted by atomic mass is 19.3. The molecule has 1 aromatic heterocycles. The summed E-state index contributed by atoms with van der Waals surface area (Å²) in [4.78, 5) is 13.2. The molecular weight excluding hydrogens is 199 g/mol. The highest BCUT2D eigenvalue weighted by Gasteiger charge is 2.39. The van der Waals surface area contributed by atoms with Gasteiger partial charge in [-0.25, -0.2) is 9.78 Å². The van der Waals surface area contributed by atoms with Crippen LogP contribution in [0.15, 0.2) is 18.3 Å². The molecule has 0 spiro atoms. The summed E-state index contributed by atoms with van der Waals surface area (Å²) in [6.45, 7) is 0. The topological polar surface area (TPSA) is 50.2 Å². The standard InChI is InChI=1S/C8H6F3NO2/c9-6-5(2-1-3-12-6)4-8(10,11)7(13)14/h1-3H,4H2,(H,13,14). The van der Waals surface area contributed by atoms with Gasteiger partial charge >= 0.3 is 11.9 Å². The molecule has 76 valence electrons. The predicted molar refractivity (Wildman–Crippen MR) is 40.5 cm³/mol. The molecule has 0 aliphatic carbocycles. The Hall–Kier alpha value is -1.59. The highest BCUT2D eigenvalue weighted by Crippen LogP contribution is 2.20. The quantitative estimate of drug-likeness (QED) is 0.760. The smallest absolute Gasteiger partial charge is 0.374 e. The molecule has 0 unspecified atom stereocenters. The number of hydrogen-bond donors (Lipinski definition) is 1. The van der Waals surface area contributed by atoms with E-state index in [1.165, 1.54) is 6.07 Å². The van der Waals surface area contributed by atoms with Crippen molar-refractivity contribution in [2.24, 2.45) is 0 Å². The van der Waals surface area contributed by atoms with E-state index in [0.29, 0.717) is 0 Å². The molecule has 1 N–H and O–H groups in total. The first kappa shape index (κ1) is 10.5. The van der Waals surface area contributed by atoms with Crippen LogP contribution in [0.4, 0.5) is 13.2 Å². The van der Waals surface area contributed by atoms with Gasteiger partial charge in [-0.1, -0.05) is 6.07 Å². The molecule has 0 radical (unpaired) electrons. The van der Waals surface area contributed by atoms with Gasteiger partial charge in [0, 0.05) is 11.8 Å². The molecule has 0 amide bonds. The number of pyridine rings is 1. The number of aliphatic carboxylic acids is 1. The van der Waals surface area contributed by atoms with E-state index in [2.05, 4.69) is 4.98 Å². The average molecular weight is 205 g/mol. The van der Waals surface area contributed by atoms with Gasteiger partial charge < -0.3 is 5.11 Å². The van der Waals surface area contributed by atoms with Crippen molar-refractivity contribution in [2.45, 2.75) is 12.3 Å². The Balaban J connectivity index is 2.89. The largest absolute Gasteiger partial charge is 0.477 e. The third-order valence-corrected chi connectivity index (χ3v) is 1.56. The minimum atomic E-state index is -3.97. The Labute approximate surface area is 77.2 Å². The van der Waals surface area contributed by atoms with Crippen molar-refractivity contribution < 1.29 is 23.1 Å². The molecule has 1 aromatic rings. The summed E-state index contributed by atoms with van der Waals surface area (Å²) < 4.78 is 38.0. The van der Waals surface area contributed by atoms with Gasteiger partial charge in [-0.05, 0) is 6.07 Å². The first-order valence-corrected chi connectivity index (χ1v) is 3.64. The van der Waals surface area contributed by atoms with Gasteiger partial charge in [-0.15, -0.1) is 0 Å². The van der Waals surface area contributed by atoms with E-state index >= 15 is 0 Å². The second-order valence-corrected chi connectivity index (χ2v) is 2.64. The minimum Gasteiger partial charge on any atom is -0.477 e. The van der Waals surface area contributed by atoms with E-state index in [-0.39, 0.29) is 0 Å². The Bertz CT molecular complexity index is 354. The maximum absolute atomic E-state index is 12.7. The fourth-order valence-corrected chi connectivity index (χ4v) is 0.866. The van der Waals surface area contributed by atoms with E-state index < -0.39 is 29.8 Å². The number of carboxylic acid groups (broad SMARTS) is 1. The molecule has 0 bridgehead atoms. The van der Waals surface area contributed by atoms with E-state index in [0.717, 1.165) is 12.3 Å². The van der Waals surface area contributed by atoms with E-state index in [1.807, 2.05) is 0 Å². The lowest BCUT2D eigenvalue weighted by atomic mass is 10.1. The number of nitrogens with zero attached hydrogens (tertiary/aromatic N) is 1. The average Bonchev–Trinajstić information content (AvgIpc) is 2.08. The van der Waals surface area contributed by atoms with Crippen molar-refractivity contribution in [1.29, 1.82) is 0 Å². The van der Waals surface area contributed by atoms with Gasteiger partial charge in [0.15, 0.2) is 0 Å². The van der Waals surface area contributed by atoms with Crippen LogP contribution in [0.25, 0.3) is 0 Å². The van der Waals surface area contributed by atoms with Gasteiger partial charge in [-0.2, -0.15) is 13.2 Å². The summed E-state index contributed by atoms with van der Waals surface area (Å²) in [7, 11) is 0. The highest BCUT2D eigenvalue weighted by molar-refractivity contribution is 5.75. The predicted octanol–water partition coefficient (Wildman–Crippen LogP) is 1.48. The molecule has 0 atom stereocenters. The molecule has 0 fully saturated rings. The van der Waals surface area contributed by atoms with Crippen molar-refractivity contribution in [3.05, 3.63) is 29.8 Å². The summed E-state index contributed by atoms with van der Waals surface area (Å²) in [5.74, 6) is -7.32. The fourth-order valence-electron chi connectivity index (χ4n) is 0.866. The molecule has 0 aliphatic heterocycles. The maximum atomic E-state index is 12.7. The SMILES string of the molecule is O=C(O)C(F)(F)Cc1cccnc1F. The van der Waals surface area contributed by atoms with Crippen molar-refractivity contribution in [3.63, 3.8) is 0 Å². The second kappa shape index (κ2) is 3.65. The summed E-state index contributed by atoms with van der Waals surface area (Å²) in [6, 6.07) is 2.33. The molecule has 14 heavy (non-hydrogen) atoms. The van der Waals surface area contributed by atoms with Crippen LogP contribution >= 0.6 is 0 Å². The number of halogens is 3. The zero-order valence-electron chi connectivity index (χ0n) is 6.88. The monoisotopic (exact) mass is 205 g/mol.